The van der Waals surface area contributed by atoms with E-state index in [2.05, 4.69) is 48.1 Å². The van der Waals surface area contributed by atoms with Crippen LogP contribution in [0.15, 0.2) is 12.2 Å². The van der Waals surface area contributed by atoms with Crippen LogP contribution >= 0.6 is 0 Å². The maximum absolute atomic E-state index is 14.2. The van der Waals surface area contributed by atoms with E-state index in [4.69, 9.17) is 18.9 Å². The van der Waals surface area contributed by atoms with E-state index in [-0.39, 0.29) is 65.2 Å². The summed E-state index contributed by atoms with van der Waals surface area (Å²) >= 11 is 0. The second kappa shape index (κ2) is 12.7. The molecule has 0 aromatic heterocycles. The van der Waals surface area contributed by atoms with E-state index in [1.54, 1.807) is 20.8 Å². The molecule has 7 nitrogen and oxygen atoms in total. The fourth-order valence-electron chi connectivity index (χ4n) is 12.7. The molecule has 10 atom stereocenters. The van der Waals surface area contributed by atoms with Crippen LogP contribution in [0.4, 0.5) is 0 Å². The Hall–Kier alpha value is -1.89. The molecule has 49 heavy (non-hydrogen) atoms. The van der Waals surface area contributed by atoms with Crippen molar-refractivity contribution in [2.24, 2.45) is 67.5 Å². The first-order chi connectivity index (χ1) is 22.5. The molecule has 5 aliphatic rings. The molecule has 7 heteroatoms. The van der Waals surface area contributed by atoms with Gasteiger partial charge in [0, 0.05) is 0 Å². The highest BCUT2D eigenvalue weighted by atomic mass is 16.7. The Balaban J connectivity index is 1.37. The van der Waals surface area contributed by atoms with Gasteiger partial charge in [0.1, 0.15) is 0 Å². The van der Waals surface area contributed by atoms with Crippen molar-refractivity contribution in [1.29, 1.82) is 0 Å². The summed E-state index contributed by atoms with van der Waals surface area (Å²) in [6.07, 6.45) is 10.3. The number of hydrogen-bond acceptors (Lipinski definition) is 7. The van der Waals surface area contributed by atoms with Crippen molar-refractivity contribution >= 4 is 17.9 Å². The Morgan fingerprint density at radius 3 is 1.88 bits per heavy atom. The third-order valence-electron chi connectivity index (χ3n) is 15.5. The Morgan fingerprint density at radius 1 is 0.673 bits per heavy atom. The van der Waals surface area contributed by atoms with Gasteiger partial charge in [0.2, 0.25) is 6.79 Å². The Bertz CT molecular complexity index is 1320. The van der Waals surface area contributed by atoms with Gasteiger partial charge in [-0.05, 0) is 164 Å². The lowest BCUT2D eigenvalue weighted by atomic mass is 9.32. The second-order valence-electron chi connectivity index (χ2n) is 20.4. The molecule has 0 bridgehead atoms. The third-order valence-corrected chi connectivity index (χ3v) is 15.5. The summed E-state index contributed by atoms with van der Waals surface area (Å²) in [4.78, 5) is 39.0. The van der Waals surface area contributed by atoms with E-state index >= 15 is 0 Å². The first-order valence-electron chi connectivity index (χ1n) is 19.3. The van der Waals surface area contributed by atoms with Crippen LogP contribution in [0, 0.1) is 67.5 Å². The predicted octanol–water partition coefficient (Wildman–Crippen LogP) is 9.67. The van der Waals surface area contributed by atoms with E-state index in [9.17, 15) is 14.4 Å². The van der Waals surface area contributed by atoms with Crippen LogP contribution in [-0.2, 0) is 33.3 Å². The lowest BCUT2D eigenvalue weighted by molar-refractivity contribution is -0.258. The maximum atomic E-state index is 14.2. The van der Waals surface area contributed by atoms with Gasteiger partial charge in [-0.1, -0.05) is 46.8 Å². The number of esters is 3. The quantitative estimate of drug-likeness (QED) is 0.150. The summed E-state index contributed by atoms with van der Waals surface area (Å²) in [5, 5.41) is 0. The Morgan fingerprint density at radius 2 is 1.29 bits per heavy atom. The molecule has 0 heterocycles. The zero-order valence-corrected chi connectivity index (χ0v) is 33.0. The van der Waals surface area contributed by atoms with Crippen LogP contribution in [0.25, 0.3) is 0 Å². The van der Waals surface area contributed by atoms with Gasteiger partial charge in [0.05, 0.1) is 22.3 Å². The number of carbonyl (C=O) groups is 3. The lowest BCUT2D eigenvalue weighted by Gasteiger charge is -2.72. The van der Waals surface area contributed by atoms with E-state index in [1.807, 2.05) is 20.8 Å². The van der Waals surface area contributed by atoms with Gasteiger partial charge in [0.25, 0.3) is 0 Å². The lowest BCUT2D eigenvalue weighted by Crippen LogP contribution is -2.67. The van der Waals surface area contributed by atoms with Crippen molar-refractivity contribution < 1.29 is 33.3 Å². The molecular weight excluding hydrogens is 616 g/mol. The Labute approximate surface area is 297 Å². The molecular formula is C42H68O7. The zero-order chi connectivity index (χ0) is 36.6. The molecule has 5 aliphatic carbocycles. The molecule has 0 saturated heterocycles. The normalized spacial score (nSPS) is 41.3. The van der Waals surface area contributed by atoms with Gasteiger partial charge >= 0.3 is 17.9 Å². The summed E-state index contributed by atoms with van der Waals surface area (Å²) < 4.78 is 23.2. The van der Waals surface area contributed by atoms with Crippen LogP contribution in [0.1, 0.15) is 147 Å². The molecule has 5 unspecified atom stereocenters. The highest BCUT2D eigenvalue weighted by molar-refractivity contribution is 5.79. The third kappa shape index (κ3) is 6.12. The first kappa shape index (κ1) is 38.3. The summed E-state index contributed by atoms with van der Waals surface area (Å²) in [5.41, 5.74) is -0.195. The van der Waals surface area contributed by atoms with Crippen molar-refractivity contribution in [3.05, 3.63) is 12.2 Å². The van der Waals surface area contributed by atoms with Crippen molar-refractivity contribution in [3.8, 4) is 0 Å². The smallest absolute Gasteiger partial charge is 0.315 e. The van der Waals surface area contributed by atoms with Crippen molar-refractivity contribution in [2.45, 2.75) is 153 Å². The molecule has 0 amide bonds. The first-order valence-corrected chi connectivity index (χ1v) is 19.3. The van der Waals surface area contributed by atoms with E-state index in [0.717, 1.165) is 51.4 Å². The van der Waals surface area contributed by atoms with Crippen molar-refractivity contribution in [2.75, 3.05) is 13.6 Å². The topological polar surface area (TPSA) is 88.1 Å². The van der Waals surface area contributed by atoms with Crippen LogP contribution in [0.3, 0.4) is 0 Å². The molecule has 0 aromatic carbocycles. The molecule has 0 N–H and O–H groups in total. The van der Waals surface area contributed by atoms with Gasteiger partial charge in [-0.3, -0.25) is 14.4 Å². The highest BCUT2D eigenvalue weighted by Crippen LogP contribution is 2.77. The van der Waals surface area contributed by atoms with Gasteiger partial charge in [-0.15, -0.1) is 0 Å². The van der Waals surface area contributed by atoms with Crippen molar-refractivity contribution in [3.63, 3.8) is 0 Å². The Kier molecular flexibility index (Phi) is 9.90. The fourth-order valence-corrected chi connectivity index (χ4v) is 12.7. The standard InChI is InChI=1S/C42H68O7/c1-26(2)27-16-21-42(35(45)49-25-48-34(44)37(6,7)8)23-22-40(12)28(32(27)42)14-15-30-39(11)19-18-31(46-24-47-33(43)36(3,4)5)38(9,10)29(39)17-20-41(30,40)13/h27-32H,1,14-25H2,2-13H3/t27?,28?,29?,30?,31-,32?,39-,40+,41+,42-/m0/s1. The molecule has 0 spiro atoms. The molecule has 0 aliphatic heterocycles. The minimum Gasteiger partial charge on any atom is -0.438 e. The number of ether oxygens (including phenoxy) is 4. The summed E-state index contributed by atoms with van der Waals surface area (Å²) in [6.45, 7) is 29.9. The molecule has 5 rings (SSSR count). The number of hydrogen-bond donors (Lipinski definition) is 0. The molecule has 278 valence electrons. The maximum Gasteiger partial charge on any atom is 0.315 e. The zero-order valence-electron chi connectivity index (χ0n) is 33.0. The van der Waals surface area contributed by atoms with Gasteiger partial charge in [0.15, 0.2) is 6.79 Å². The van der Waals surface area contributed by atoms with Gasteiger partial charge in [-0.25, -0.2) is 0 Å². The molecule has 5 saturated carbocycles. The molecule has 0 radical (unpaired) electrons. The highest BCUT2D eigenvalue weighted by Gasteiger charge is 2.72. The van der Waals surface area contributed by atoms with Crippen LogP contribution < -0.4 is 0 Å². The second-order valence-corrected chi connectivity index (χ2v) is 20.4. The number of rotatable bonds is 7. The number of allylic oxidation sites excluding steroid dienone is 1. The summed E-state index contributed by atoms with van der Waals surface area (Å²) in [5.74, 6) is 1.21. The van der Waals surface area contributed by atoms with Gasteiger partial charge in [-0.2, -0.15) is 0 Å². The van der Waals surface area contributed by atoms with Crippen LogP contribution in [0.5, 0.6) is 0 Å². The minimum absolute atomic E-state index is 0.0169. The van der Waals surface area contributed by atoms with Crippen LogP contribution in [0.2, 0.25) is 0 Å². The van der Waals surface area contributed by atoms with E-state index in [1.165, 1.54) is 18.4 Å². The fraction of sp³-hybridized carbons (Fsp3) is 0.881. The van der Waals surface area contributed by atoms with Gasteiger partial charge < -0.3 is 18.9 Å². The summed E-state index contributed by atoms with van der Waals surface area (Å²) in [6, 6.07) is 0. The number of fused-ring (bicyclic) bond motifs is 7. The largest absolute Gasteiger partial charge is 0.438 e. The molecule has 0 aromatic rings. The minimum atomic E-state index is -0.648. The summed E-state index contributed by atoms with van der Waals surface area (Å²) in [7, 11) is 0. The predicted molar refractivity (Wildman–Crippen MR) is 191 cm³/mol. The van der Waals surface area contributed by atoms with Crippen molar-refractivity contribution in [1.82, 2.24) is 0 Å². The van der Waals surface area contributed by atoms with E-state index in [0.29, 0.717) is 23.7 Å². The van der Waals surface area contributed by atoms with Crippen LogP contribution in [-0.4, -0.2) is 37.6 Å². The number of carbonyl (C=O) groups excluding carboxylic acids is 3. The molecule has 5 fully saturated rings. The van der Waals surface area contributed by atoms with E-state index < -0.39 is 16.2 Å². The monoisotopic (exact) mass is 684 g/mol. The SMILES string of the molecule is C=C(C)C1CC[C@]2(C(=O)OCOC(=O)C(C)(C)C)CC[C@]3(C)C(CCC4[C@@]5(C)CC[C@H](OCOC(=O)C(C)(C)C)C(C)(C)C5CC[C@]43C)C12. The average molecular weight is 685 g/mol. The average Bonchev–Trinajstić information content (AvgIpc) is 3.39.